The number of oxazole rings is 1. The number of ether oxygens (including phenoxy) is 1. The Morgan fingerprint density at radius 3 is 2.38 bits per heavy atom. The Kier molecular flexibility index (Phi) is 7.99. The minimum Gasteiger partial charge on any atom is -0.446 e. The van der Waals surface area contributed by atoms with E-state index < -0.39 is 23.3 Å². The van der Waals surface area contributed by atoms with Crippen molar-refractivity contribution in [3.63, 3.8) is 0 Å². The summed E-state index contributed by atoms with van der Waals surface area (Å²) < 4.78 is 40.3. The van der Waals surface area contributed by atoms with Gasteiger partial charge in [-0.05, 0) is 63.2 Å². The summed E-state index contributed by atoms with van der Waals surface area (Å²) in [5, 5.41) is 2.59. The van der Waals surface area contributed by atoms with E-state index in [0.717, 1.165) is 44.9 Å². The summed E-state index contributed by atoms with van der Waals surface area (Å²) in [6.45, 7) is 6.68. The second kappa shape index (κ2) is 11.6. The third-order valence-electron chi connectivity index (χ3n) is 7.46. The molecule has 0 unspecified atom stereocenters. The van der Waals surface area contributed by atoms with E-state index in [9.17, 15) is 18.4 Å². The molecular formula is C27H34F2N6O4. The highest BCUT2D eigenvalue weighted by Gasteiger charge is 2.39. The van der Waals surface area contributed by atoms with Gasteiger partial charge in [0, 0.05) is 39.3 Å². The Morgan fingerprint density at radius 2 is 1.74 bits per heavy atom. The first kappa shape index (κ1) is 26.9. The molecule has 210 valence electrons. The number of rotatable bonds is 7. The van der Waals surface area contributed by atoms with Crippen LogP contribution in [0.4, 0.5) is 31.1 Å². The van der Waals surface area contributed by atoms with Crippen LogP contribution in [-0.2, 0) is 10.7 Å². The Morgan fingerprint density at radius 1 is 1.03 bits per heavy atom. The molecule has 2 aromatic rings. The van der Waals surface area contributed by atoms with Crippen LogP contribution in [0, 0.1) is 0 Å². The molecule has 2 aliphatic heterocycles. The van der Waals surface area contributed by atoms with Crippen LogP contribution in [0.3, 0.4) is 0 Å². The number of anilines is 3. The Hall–Kier alpha value is -3.70. The minimum atomic E-state index is -3.53. The van der Waals surface area contributed by atoms with Gasteiger partial charge < -0.3 is 29.2 Å². The number of halogens is 2. The van der Waals surface area contributed by atoms with Gasteiger partial charge >= 0.3 is 12.0 Å². The van der Waals surface area contributed by atoms with Crippen molar-refractivity contribution in [3.8, 4) is 0 Å². The molecule has 0 radical (unpaired) electrons. The molecule has 39 heavy (non-hydrogen) atoms. The van der Waals surface area contributed by atoms with Gasteiger partial charge in [0.05, 0.1) is 11.9 Å². The molecule has 3 aliphatic rings. The molecule has 1 N–H and O–H groups in total. The van der Waals surface area contributed by atoms with E-state index in [1.165, 1.54) is 6.20 Å². The fourth-order valence-corrected chi connectivity index (χ4v) is 5.18. The average Bonchev–Trinajstić information content (AvgIpc) is 3.65. The summed E-state index contributed by atoms with van der Waals surface area (Å²) in [6.07, 6.45) is 8.61. The van der Waals surface area contributed by atoms with Crippen LogP contribution in [0.5, 0.6) is 0 Å². The minimum absolute atomic E-state index is 0.0103. The molecule has 10 nitrogen and oxygen atoms in total. The maximum absolute atomic E-state index is 14.6. The van der Waals surface area contributed by atoms with Crippen molar-refractivity contribution < 1.29 is 27.5 Å². The van der Waals surface area contributed by atoms with Gasteiger partial charge in [0.1, 0.15) is 11.9 Å². The first-order chi connectivity index (χ1) is 18.8. The summed E-state index contributed by atoms with van der Waals surface area (Å²) in [7, 11) is 0. The number of carbonyl (C=O) groups excluding carboxylic acids is 2. The van der Waals surface area contributed by atoms with Gasteiger partial charge in [-0.25, -0.2) is 9.78 Å². The van der Waals surface area contributed by atoms with Crippen LogP contribution in [0.15, 0.2) is 35.4 Å². The van der Waals surface area contributed by atoms with Crippen LogP contribution in [0.25, 0.3) is 0 Å². The predicted molar refractivity (Wildman–Crippen MR) is 141 cm³/mol. The average molecular weight is 545 g/mol. The molecule has 2 aromatic heterocycles. The quantitative estimate of drug-likeness (QED) is 0.496. The van der Waals surface area contributed by atoms with Gasteiger partial charge in [-0.15, -0.1) is 0 Å². The second-order valence-electron chi connectivity index (χ2n) is 10.2. The summed E-state index contributed by atoms with van der Waals surface area (Å²) in [5.41, 5.74) is -0.434. The van der Waals surface area contributed by atoms with Crippen LogP contribution >= 0.6 is 0 Å². The zero-order valence-electron chi connectivity index (χ0n) is 21.9. The lowest BCUT2D eigenvalue weighted by atomic mass is 10.1. The molecule has 2 saturated heterocycles. The molecule has 2 amide bonds. The second-order valence-corrected chi connectivity index (χ2v) is 10.2. The van der Waals surface area contributed by atoms with E-state index in [1.807, 2.05) is 4.90 Å². The van der Waals surface area contributed by atoms with E-state index in [0.29, 0.717) is 56.8 Å². The number of piperidine rings is 1. The number of nitrogens with zero attached hydrogens (tertiary/aromatic N) is 5. The third kappa shape index (κ3) is 6.15. The van der Waals surface area contributed by atoms with Crippen molar-refractivity contribution in [2.75, 3.05) is 54.4 Å². The first-order valence-electron chi connectivity index (χ1n) is 13.6. The molecule has 4 heterocycles. The monoisotopic (exact) mass is 544 g/mol. The third-order valence-corrected chi connectivity index (χ3v) is 7.46. The number of nitrogens with one attached hydrogen (secondary N) is 1. The fraction of sp³-hybridized carbons (Fsp3) is 0.556. The number of amides is 2. The Labute approximate surface area is 226 Å². The van der Waals surface area contributed by atoms with Gasteiger partial charge in [0.25, 0.3) is 11.9 Å². The number of aromatic nitrogens is 2. The SMILES string of the molecule is C=CC(F)(F)c1nc(N2CCCCC2)oc1C(=O)Nc1ccc(N2CCN(C(=O)OC3CCCC3)CC2)nc1. The first-order valence-corrected chi connectivity index (χ1v) is 13.6. The molecule has 5 rings (SSSR count). The molecule has 0 bridgehead atoms. The molecule has 3 fully saturated rings. The highest BCUT2D eigenvalue weighted by molar-refractivity contribution is 6.03. The van der Waals surface area contributed by atoms with Crippen LogP contribution in [0.2, 0.25) is 0 Å². The molecule has 0 aromatic carbocycles. The number of hydrogen-bond donors (Lipinski definition) is 1. The summed E-state index contributed by atoms with van der Waals surface area (Å²) in [6, 6.07) is 3.39. The van der Waals surface area contributed by atoms with E-state index >= 15 is 0 Å². The molecular weight excluding hydrogens is 510 g/mol. The predicted octanol–water partition coefficient (Wildman–Crippen LogP) is 4.79. The fourth-order valence-electron chi connectivity index (χ4n) is 5.18. The molecule has 1 aliphatic carbocycles. The number of piperazine rings is 1. The summed E-state index contributed by atoms with van der Waals surface area (Å²) in [5.74, 6) is -4.24. The molecule has 1 saturated carbocycles. The standard InChI is InChI=1S/C27H34F2N6O4/c1-2-27(28,29)23-22(39-25(32-23)34-12-6-3-7-13-34)24(36)31-19-10-11-21(30-18-19)33-14-16-35(17-15-33)26(37)38-20-8-4-5-9-20/h2,10-11,18,20H,1,3-9,12-17H2,(H,31,36). The van der Waals surface area contributed by atoms with Crippen molar-refractivity contribution in [1.29, 1.82) is 0 Å². The van der Waals surface area contributed by atoms with Gasteiger partial charge in [-0.2, -0.15) is 13.8 Å². The number of alkyl halides is 2. The lowest BCUT2D eigenvalue weighted by Gasteiger charge is -2.35. The number of hydrogen-bond acceptors (Lipinski definition) is 8. The van der Waals surface area contributed by atoms with Crippen molar-refractivity contribution >= 4 is 29.5 Å². The zero-order valence-corrected chi connectivity index (χ0v) is 21.9. The van der Waals surface area contributed by atoms with Crippen molar-refractivity contribution in [1.82, 2.24) is 14.9 Å². The normalized spacial score (nSPS) is 18.8. The molecule has 0 spiro atoms. The molecule has 12 heteroatoms. The van der Waals surface area contributed by atoms with E-state index in [4.69, 9.17) is 9.15 Å². The highest BCUT2D eigenvalue weighted by Crippen LogP contribution is 2.35. The Balaban J connectivity index is 1.20. The topological polar surface area (TPSA) is 104 Å². The molecule has 0 atom stereocenters. The lowest BCUT2D eigenvalue weighted by Crippen LogP contribution is -2.49. The Bertz CT molecular complexity index is 1170. The van der Waals surface area contributed by atoms with Crippen molar-refractivity contribution in [2.45, 2.75) is 57.0 Å². The largest absolute Gasteiger partial charge is 0.446 e. The van der Waals surface area contributed by atoms with Crippen molar-refractivity contribution in [3.05, 3.63) is 42.4 Å². The smallest absolute Gasteiger partial charge is 0.410 e. The lowest BCUT2D eigenvalue weighted by molar-refractivity contribution is 0.0456. The van der Waals surface area contributed by atoms with Crippen LogP contribution in [0.1, 0.15) is 61.2 Å². The summed E-state index contributed by atoms with van der Waals surface area (Å²) in [4.78, 5) is 39.3. The zero-order chi connectivity index (χ0) is 27.4. The maximum Gasteiger partial charge on any atom is 0.410 e. The summed E-state index contributed by atoms with van der Waals surface area (Å²) >= 11 is 0. The van der Waals surface area contributed by atoms with E-state index in [2.05, 4.69) is 21.9 Å². The number of allylic oxidation sites excluding steroid dienone is 1. The van der Waals surface area contributed by atoms with E-state index in [-0.39, 0.29) is 18.2 Å². The van der Waals surface area contributed by atoms with Crippen molar-refractivity contribution in [2.24, 2.45) is 0 Å². The van der Waals surface area contributed by atoms with Gasteiger partial charge in [-0.1, -0.05) is 6.58 Å². The van der Waals surface area contributed by atoms with Gasteiger partial charge in [0.15, 0.2) is 5.69 Å². The van der Waals surface area contributed by atoms with Crippen LogP contribution in [-0.4, -0.2) is 72.2 Å². The highest BCUT2D eigenvalue weighted by atomic mass is 19.3. The van der Waals surface area contributed by atoms with Gasteiger partial charge in [-0.3, -0.25) is 4.79 Å². The van der Waals surface area contributed by atoms with Crippen LogP contribution < -0.4 is 15.1 Å². The number of carbonyl (C=O) groups is 2. The maximum atomic E-state index is 14.6. The van der Waals surface area contributed by atoms with E-state index in [1.54, 1.807) is 21.9 Å². The number of pyridine rings is 1. The van der Waals surface area contributed by atoms with Gasteiger partial charge in [0.2, 0.25) is 5.76 Å².